The van der Waals surface area contributed by atoms with E-state index in [1.165, 1.54) is 16.9 Å². The van der Waals surface area contributed by atoms with Crippen molar-refractivity contribution in [1.82, 2.24) is 20.1 Å². The van der Waals surface area contributed by atoms with Gasteiger partial charge in [0, 0.05) is 30.8 Å². The van der Waals surface area contributed by atoms with Gasteiger partial charge in [0.1, 0.15) is 5.51 Å². The number of likely N-dealkylation sites (tertiary alicyclic amines) is 1. The predicted octanol–water partition coefficient (Wildman–Crippen LogP) is 3.01. The first-order valence-corrected chi connectivity index (χ1v) is 11.3. The van der Waals surface area contributed by atoms with Crippen LogP contribution in [0, 0.1) is 5.92 Å². The Morgan fingerprint density at radius 3 is 2.66 bits per heavy atom. The molecule has 1 aliphatic rings. The summed E-state index contributed by atoms with van der Waals surface area (Å²) in [5.74, 6) is -0.0665. The number of aromatic nitrogens is 3. The smallest absolute Gasteiger partial charge is 0.229 e. The molecule has 2 amide bonds. The van der Waals surface area contributed by atoms with Crippen LogP contribution in [0.15, 0.2) is 41.2 Å². The third-order valence-corrected chi connectivity index (χ3v) is 6.44. The van der Waals surface area contributed by atoms with E-state index in [0.29, 0.717) is 37.5 Å². The molecule has 7 nitrogen and oxygen atoms in total. The Labute approximate surface area is 176 Å². The van der Waals surface area contributed by atoms with Crippen molar-refractivity contribution in [2.45, 2.75) is 25.7 Å². The second-order valence-electron chi connectivity index (χ2n) is 6.96. The van der Waals surface area contributed by atoms with E-state index in [2.05, 4.69) is 32.6 Å². The summed E-state index contributed by atoms with van der Waals surface area (Å²) in [7, 11) is 0. The van der Waals surface area contributed by atoms with Crippen LogP contribution in [0.2, 0.25) is 0 Å². The number of nitrogens with zero attached hydrogens (tertiary/aromatic N) is 4. The first-order valence-electron chi connectivity index (χ1n) is 9.49. The van der Waals surface area contributed by atoms with E-state index in [1.54, 1.807) is 16.8 Å². The second-order valence-corrected chi connectivity index (χ2v) is 8.74. The van der Waals surface area contributed by atoms with Crippen LogP contribution < -0.4 is 5.32 Å². The number of piperidine rings is 1. The van der Waals surface area contributed by atoms with Gasteiger partial charge in [-0.05, 0) is 18.4 Å². The second kappa shape index (κ2) is 9.23. The Hall–Kier alpha value is -2.65. The molecule has 1 N–H and O–H groups in total. The van der Waals surface area contributed by atoms with E-state index in [9.17, 15) is 9.59 Å². The molecule has 2 aromatic heterocycles. The van der Waals surface area contributed by atoms with Crippen LogP contribution in [0.5, 0.6) is 0 Å². The number of hydrogen-bond acceptors (Lipinski definition) is 7. The van der Waals surface area contributed by atoms with Crippen LogP contribution in [0.25, 0.3) is 0 Å². The van der Waals surface area contributed by atoms with Crippen molar-refractivity contribution >= 4 is 39.6 Å². The molecule has 3 aromatic rings. The summed E-state index contributed by atoms with van der Waals surface area (Å²) in [5, 5.41) is 13.9. The fourth-order valence-corrected chi connectivity index (χ4v) is 4.65. The summed E-state index contributed by atoms with van der Waals surface area (Å²) >= 11 is 2.89. The molecule has 3 heterocycles. The van der Waals surface area contributed by atoms with Crippen molar-refractivity contribution in [2.75, 3.05) is 18.4 Å². The molecular weight excluding hydrogens is 406 g/mol. The minimum Gasteiger partial charge on any atom is -0.342 e. The molecule has 0 atom stereocenters. The first kappa shape index (κ1) is 19.7. The molecule has 150 valence electrons. The molecular formula is C20H21N5O2S2. The Morgan fingerprint density at radius 1 is 1.14 bits per heavy atom. The maximum absolute atomic E-state index is 12.6. The van der Waals surface area contributed by atoms with E-state index < -0.39 is 0 Å². The highest BCUT2D eigenvalue weighted by Gasteiger charge is 2.28. The van der Waals surface area contributed by atoms with Gasteiger partial charge in [0.05, 0.1) is 17.1 Å². The summed E-state index contributed by atoms with van der Waals surface area (Å²) < 4.78 is 0. The molecule has 1 aliphatic heterocycles. The van der Waals surface area contributed by atoms with Gasteiger partial charge in [-0.15, -0.1) is 21.5 Å². The number of carbonyl (C=O) groups excluding carboxylic acids is 2. The SMILES string of the molecule is O=C(Nc1nncs1)C1CCN(C(=O)Cc2csc(Cc3ccccc3)n2)CC1. The number of nitrogens with one attached hydrogen (secondary N) is 1. The maximum Gasteiger partial charge on any atom is 0.229 e. The molecule has 1 fully saturated rings. The van der Waals surface area contributed by atoms with E-state index in [4.69, 9.17) is 0 Å². The molecule has 29 heavy (non-hydrogen) atoms. The van der Waals surface area contributed by atoms with Gasteiger partial charge < -0.3 is 10.2 Å². The zero-order valence-corrected chi connectivity index (χ0v) is 17.4. The van der Waals surface area contributed by atoms with E-state index in [-0.39, 0.29) is 17.7 Å². The maximum atomic E-state index is 12.6. The van der Waals surface area contributed by atoms with E-state index in [1.807, 2.05) is 28.5 Å². The lowest BCUT2D eigenvalue weighted by Crippen LogP contribution is -2.42. The number of anilines is 1. The summed E-state index contributed by atoms with van der Waals surface area (Å²) in [6, 6.07) is 10.2. The summed E-state index contributed by atoms with van der Waals surface area (Å²) in [6.45, 7) is 1.18. The Bertz CT molecular complexity index is 950. The third-order valence-electron chi connectivity index (χ3n) is 4.94. The van der Waals surface area contributed by atoms with Gasteiger partial charge in [-0.2, -0.15) is 0 Å². The lowest BCUT2D eigenvalue weighted by atomic mass is 9.95. The molecule has 1 saturated heterocycles. The van der Waals surface area contributed by atoms with Crippen molar-refractivity contribution in [3.63, 3.8) is 0 Å². The van der Waals surface area contributed by atoms with Crippen LogP contribution in [0.4, 0.5) is 5.13 Å². The van der Waals surface area contributed by atoms with Gasteiger partial charge in [0.15, 0.2) is 0 Å². The van der Waals surface area contributed by atoms with Crippen molar-refractivity contribution in [3.05, 3.63) is 57.5 Å². The molecule has 9 heteroatoms. The fourth-order valence-electron chi connectivity index (χ4n) is 3.37. The topological polar surface area (TPSA) is 88.1 Å². The lowest BCUT2D eigenvalue weighted by Gasteiger charge is -2.31. The van der Waals surface area contributed by atoms with Crippen LogP contribution in [-0.2, 0) is 22.4 Å². The van der Waals surface area contributed by atoms with Crippen molar-refractivity contribution in [2.24, 2.45) is 5.92 Å². The summed E-state index contributed by atoms with van der Waals surface area (Å²) in [6.07, 6.45) is 2.42. The molecule has 0 bridgehead atoms. The van der Waals surface area contributed by atoms with Gasteiger partial charge >= 0.3 is 0 Å². The molecule has 0 spiro atoms. The van der Waals surface area contributed by atoms with Crippen LogP contribution in [0.1, 0.15) is 29.1 Å². The van der Waals surface area contributed by atoms with Crippen LogP contribution in [0.3, 0.4) is 0 Å². The highest BCUT2D eigenvalue weighted by atomic mass is 32.1. The number of hydrogen-bond donors (Lipinski definition) is 1. The van der Waals surface area contributed by atoms with Crippen molar-refractivity contribution in [3.8, 4) is 0 Å². The lowest BCUT2D eigenvalue weighted by molar-refractivity contribution is -0.133. The minimum absolute atomic E-state index is 0.0427. The Kier molecular flexibility index (Phi) is 6.26. The summed E-state index contributed by atoms with van der Waals surface area (Å²) in [4.78, 5) is 31.4. The highest BCUT2D eigenvalue weighted by Crippen LogP contribution is 2.21. The van der Waals surface area contributed by atoms with E-state index in [0.717, 1.165) is 17.1 Å². The van der Waals surface area contributed by atoms with Gasteiger partial charge in [-0.3, -0.25) is 9.59 Å². The quantitative estimate of drug-likeness (QED) is 0.653. The standard InChI is InChI=1S/C20H21N5O2S2/c26-18(11-16-12-28-17(22-16)10-14-4-2-1-3-5-14)25-8-6-15(7-9-25)19(27)23-20-24-21-13-29-20/h1-5,12-13,15H,6-11H2,(H,23,24,27). The number of amides is 2. The van der Waals surface area contributed by atoms with Gasteiger partial charge in [0.25, 0.3) is 0 Å². The van der Waals surface area contributed by atoms with E-state index >= 15 is 0 Å². The largest absolute Gasteiger partial charge is 0.342 e. The van der Waals surface area contributed by atoms with Gasteiger partial charge in [0.2, 0.25) is 16.9 Å². The average Bonchev–Trinajstić information content (AvgIpc) is 3.41. The van der Waals surface area contributed by atoms with Crippen molar-refractivity contribution < 1.29 is 9.59 Å². The first-order chi connectivity index (χ1) is 14.2. The Morgan fingerprint density at radius 2 is 1.93 bits per heavy atom. The Balaban J connectivity index is 1.25. The molecule has 0 radical (unpaired) electrons. The van der Waals surface area contributed by atoms with Crippen molar-refractivity contribution in [1.29, 1.82) is 0 Å². The van der Waals surface area contributed by atoms with Crippen LogP contribution >= 0.6 is 22.7 Å². The van der Waals surface area contributed by atoms with Gasteiger partial charge in [-0.25, -0.2) is 4.98 Å². The number of rotatable bonds is 6. The normalized spacial score (nSPS) is 14.7. The number of carbonyl (C=O) groups is 2. The zero-order valence-electron chi connectivity index (χ0n) is 15.8. The third kappa shape index (κ3) is 5.24. The molecule has 0 saturated carbocycles. The molecule has 0 aliphatic carbocycles. The predicted molar refractivity (Wildman–Crippen MR) is 113 cm³/mol. The average molecular weight is 428 g/mol. The van der Waals surface area contributed by atoms with Gasteiger partial charge in [-0.1, -0.05) is 41.7 Å². The number of thiazole rings is 1. The molecule has 1 aromatic carbocycles. The minimum atomic E-state index is -0.0975. The molecule has 0 unspecified atom stereocenters. The highest BCUT2D eigenvalue weighted by molar-refractivity contribution is 7.13. The van der Waals surface area contributed by atoms with Crippen LogP contribution in [-0.4, -0.2) is 45.0 Å². The zero-order chi connectivity index (χ0) is 20.1. The fraction of sp³-hybridized carbons (Fsp3) is 0.350. The number of benzene rings is 1. The monoisotopic (exact) mass is 427 g/mol. The molecule has 4 rings (SSSR count). The summed E-state index contributed by atoms with van der Waals surface area (Å²) in [5.41, 5.74) is 3.62.